The Balaban J connectivity index is 2.72. The molecule has 6 heteroatoms. The van der Waals surface area contributed by atoms with Crippen LogP contribution >= 0.6 is 0 Å². The summed E-state index contributed by atoms with van der Waals surface area (Å²) in [4.78, 5) is 4.08. The molecule has 15 heavy (non-hydrogen) atoms. The fourth-order valence-electron chi connectivity index (χ4n) is 1.18. The van der Waals surface area contributed by atoms with Crippen LogP contribution in [0.2, 0.25) is 0 Å². The van der Waals surface area contributed by atoms with Crippen LogP contribution in [-0.2, 0) is 4.74 Å². The van der Waals surface area contributed by atoms with Crippen LogP contribution in [0.5, 0.6) is 0 Å². The van der Waals surface area contributed by atoms with Gasteiger partial charge in [-0.1, -0.05) is 12.1 Å². The summed E-state index contributed by atoms with van der Waals surface area (Å²) in [5.74, 6) is 0.726. The molecule has 1 heterocycles. The highest BCUT2D eigenvalue weighted by Gasteiger charge is 2.19. The lowest BCUT2D eigenvalue weighted by atomic mass is 10.2. The summed E-state index contributed by atoms with van der Waals surface area (Å²) >= 11 is 0. The van der Waals surface area contributed by atoms with Gasteiger partial charge in [-0.2, -0.15) is 4.98 Å². The van der Waals surface area contributed by atoms with Crippen LogP contribution < -0.4 is 5.73 Å². The number of nitrogens with two attached hydrogens (primary N) is 1. The first-order valence-electron chi connectivity index (χ1n) is 5.04. The van der Waals surface area contributed by atoms with Crippen LogP contribution in [0.3, 0.4) is 0 Å². The van der Waals surface area contributed by atoms with Crippen molar-refractivity contribution in [1.82, 2.24) is 10.1 Å². The van der Waals surface area contributed by atoms with Crippen LogP contribution in [0.4, 0.5) is 0 Å². The third kappa shape index (κ3) is 2.98. The standard InChI is InChI=1S/C9H17N3O3/c1-3-7(14-4-2)8-11-9(15-12-8)6(10)5-13/h6-7,13H,3-5,10H2,1-2H3/t6-,7?/m0/s1. The third-order valence-electron chi connectivity index (χ3n) is 2.00. The number of aromatic nitrogens is 2. The Labute approximate surface area is 88.4 Å². The van der Waals surface area contributed by atoms with Crippen LogP contribution in [-0.4, -0.2) is 28.5 Å². The largest absolute Gasteiger partial charge is 0.394 e. The molecule has 0 saturated carbocycles. The lowest BCUT2D eigenvalue weighted by Gasteiger charge is -2.09. The van der Waals surface area contributed by atoms with E-state index in [0.29, 0.717) is 12.4 Å². The topological polar surface area (TPSA) is 94.4 Å². The summed E-state index contributed by atoms with van der Waals surface area (Å²) in [6.07, 6.45) is 0.597. The quantitative estimate of drug-likeness (QED) is 0.719. The van der Waals surface area contributed by atoms with E-state index in [9.17, 15) is 0 Å². The Morgan fingerprint density at radius 3 is 2.80 bits per heavy atom. The predicted octanol–water partition coefficient (Wildman–Crippen LogP) is 0.549. The van der Waals surface area contributed by atoms with Gasteiger partial charge in [0.25, 0.3) is 0 Å². The Morgan fingerprint density at radius 1 is 1.53 bits per heavy atom. The van der Waals surface area contributed by atoms with Crippen molar-refractivity contribution in [3.63, 3.8) is 0 Å². The molecule has 1 aromatic heterocycles. The number of hydrogen-bond acceptors (Lipinski definition) is 6. The van der Waals surface area contributed by atoms with E-state index < -0.39 is 6.04 Å². The molecule has 6 nitrogen and oxygen atoms in total. The zero-order valence-corrected chi connectivity index (χ0v) is 9.01. The van der Waals surface area contributed by atoms with Gasteiger partial charge in [-0.15, -0.1) is 0 Å². The number of aliphatic hydroxyl groups excluding tert-OH is 1. The summed E-state index contributed by atoms with van der Waals surface area (Å²) in [5, 5.41) is 12.6. The molecule has 0 aliphatic heterocycles. The number of aliphatic hydroxyl groups is 1. The van der Waals surface area contributed by atoms with Gasteiger partial charge in [-0.05, 0) is 13.3 Å². The van der Waals surface area contributed by atoms with E-state index in [0.717, 1.165) is 6.42 Å². The van der Waals surface area contributed by atoms with Gasteiger partial charge in [0.1, 0.15) is 12.1 Å². The third-order valence-corrected chi connectivity index (χ3v) is 2.00. The lowest BCUT2D eigenvalue weighted by Crippen LogP contribution is -2.15. The second-order valence-electron chi connectivity index (χ2n) is 3.13. The summed E-state index contributed by atoms with van der Waals surface area (Å²) in [7, 11) is 0. The molecular weight excluding hydrogens is 198 g/mol. The molecule has 1 unspecified atom stereocenters. The van der Waals surface area contributed by atoms with Gasteiger partial charge in [0.15, 0.2) is 0 Å². The van der Waals surface area contributed by atoms with E-state index in [1.165, 1.54) is 0 Å². The highest BCUT2D eigenvalue weighted by atomic mass is 16.5. The summed E-state index contributed by atoms with van der Waals surface area (Å²) in [5.41, 5.74) is 5.54. The Morgan fingerprint density at radius 2 is 2.27 bits per heavy atom. The molecule has 3 N–H and O–H groups in total. The maximum Gasteiger partial charge on any atom is 0.246 e. The molecule has 0 saturated heterocycles. The molecule has 1 rings (SSSR count). The van der Waals surface area contributed by atoms with Gasteiger partial charge in [0.2, 0.25) is 11.7 Å². The van der Waals surface area contributed by atoms with Gasteiger partial charge in [-0.3, -0.25) is 0 Å². The van der Waals surface area contributed by atoms with Crippen molar-refractivity contribution in [2.45, 2.75) is 32.4 Å². The first-order valence-corrected chi connectivity index (χ1v) is 5.04. The van der Waals surface area contributed by atoms with E-state index in [1.807, 2.05) is 13.8 Å². The molecule has 0 bridgehead atoms. The number of rotatable bonds is 6. The molecule has 1 aromatic rings. The molecule has 0 amide bonds. The van der Waals surface area contributed by atoms with Gasteiger partial charge in [0, 0.05) is 6.61 Å². The molecular formula is C9H17N3O3. The average Bonchev–Trinajstić information content (AvgIpc) is 2.73. The Kier molecular flexibility index (Phi) is 4.67. The Hall–Kier alpha value is -0.980. The van der Waals surface area contributed by atoms with Gasteiger partial charge in [-0.25, -0.2) is 0 Å². The molecule has 0 fully saturated rings. The zero-order chi connectivity index (χ0) is 11.3. The van der Waals surface area contributed by atoms with Crippen LogP contribution in [0, 0.1) is 0 Å². The number of hydrogen-bond donors (Lipinski definition) is 2. The first-order chi connectivity index (χ1) is 7.22. The van der Waals surface area contributed by atoms with E-state index >= 15 is 0 Å². The van der Waals surface area contributed by atoms with Gasteiger partial charge in [0.05, 0.1) is 6.61 Å². The van der Waals surface area contributed by atoms with Crippen LogP contribution in [0.1, 0.15) is 44.1 Å². The molecule has 0 aliphatic carbocycles. The molecule has 0 radical (unpaired) electrons. The van der Waals surface area contributed by atoms with Crippen LogP contribution in [0.15, 0.2) is 4.52 Å². The second kappa shape index (κ2) is 5.79. The summed E-state index contributed by atoms with van der Waals surface area (Å²) < 4.78 is 10.3. The minimum Gasteiger partial charge on any atom is -0.394 e. The molecule has 2 atom stereocenters. The van der Waals surface area contributed by atoms with Crippen molar-refractivity contribution in [2.75, 3.05) is 13.2 Å². The van der Waals surface area contributed by atoms with Crippen molar-refractivity contribution in [3.05, 3.63) is 11.7 Å². The summed E-state index contributed by atoms with van der Waals surface area (Å²) in [6.45, 7) is 4.26. The summed E-state index contributed by atoms with van der Waals surface area (Å²) in [6, 6.07) is -0.620. The highest BCUT2D eigenvalue weighted by Crippen LogP contribution is 2.19. The van der Waals surface area contributed by atoms with Crippen LogP contribution in [0.25, 0.3) is 0 Å². The van der Waals surface area contributed by atoms with Crippen molar-refractivity contribution in [3.8, 4) is 0 Å². The smallest absolute Gasteiger partial charge is 0.246 e. The van der Waals surface area contributed by atoms with Gasteiger partial charge >= 0.3 is 0 Å². The maximum atomic E-state index is 8.81. The fraction of sp³-hybridized carbons (Fsp3) is 0.778. The minimum atomic E-state index is -0.620. The van der Waals surface area contributed by atoms with Gasteiger partial charge < -0.3 is 20.1 Å². The molecule has 0 aromatic carbocycles. The molecule has 86 valence electrons. The predicted molar refractivity (Wildman–Crippen MR) is 53.0 cm³/mol. The normalized spacial score (nSPS) is 15.2. The second-order valence-corrected chi connectivity index (χ2v) is 3.13. The van der Waals surface area contributed by atoms with E-state index in [-0.39, 0.29) is 18.6 Å². The van der Waals surface area contributed by atoms with Crippen molar-refractivity contribution in [1.29, 1.82) is 0 Å². The molecule has 0 aliphatic rings. The van der Waals surface area contributed by atoms with Crippen molar-refractivity contribution >= 4 is 0 Å². The lowest BCUT2D eigenvalue weighted by molar-refractivity contribution is 0.0518. The number of nitrogens with zero attached hydrogens (tertiary/aromatic N) is 2. The maximum absolute atomic E-state index is 8.81. The minimum absolute atomic E-state index is 0.168. The zero-order valence-electron chi connectivity index (χ0n) is 9.01. The Bertz CT molecular complexity index is 290. The fourth-order valence-corrected chi connectivity index (χ4v) is 1.18. The number of ether oxygens (including phenoxy) is 1. The first kappa shape index (κ1) is 12.1. The van der Waals surface area contributed by atoms with Crippen molar-refractivity contribution < 1.29 is 14.4 Å². The van der Waals surface area contributed by atoms with E-state index in [1.54, 1.807) is 0 Å². The molecule has 0 spiro atoms. The van der Waals surface area contributed by atoms with Crippen molar-refractivity contribution in [2.24, 2.45) is 5.73 Å². The van der Waals surface area contributed by atoms with E-state index in [4.69, 9.17) is 20.1 Å². The van der Waals surface area contributed by atoms with E-state index in [2.05, 4.69) is 10.1 Å². The SMILES string of the molecule is CCOC(CC)c1noc([C@@H](N)CO)n1. The highest BCUT2D eigenvalue weighted by molar-refractivity contribution is 4.94. The average molecular weight is 215 g/mol. The monoisotopic (exact) mass is 215 g/mol.